The summed E-state index contributed by atoms with van der Waals surface area (Å²) in [6.45, 7) is 9.60. The first-order valence-electron chi connectivity index (χ1n) is 8.76. The quantitative estimate of drug-likeness (QED) is 0.658. The number of ketones is 1. The van der Waals surface area contributed by atoms with E-state index < -0.39 is 17.9 Å². The third-order valence-electron chi connectivity index (χ3n) is 3.85. The monoisotopic (exact) mass is 363 g/mol. The third-order valence-corrected chi connectivity index (χ3v) is 3.85. The number of hydrogen-bond donors (Lipinski definition) is 2. The lowest BCUT2D eigenvalue weighted by Crippen LogP contribution is -2.42. The second-order valence-corrected chi connectivity index (χ2v) is 7.45. The van der Waals surface area contributed by atoms with Crippen molar-refractivity contribution in [1.82, 2.24) is 5.32 Å². The van der Waals surface area contributed by atoms with Crippen molar-refractivity contribution in [2.75, 3.05) is 6.61 Å². The minimum Gasteiger partial charge on any atom is -0.480 e. The molecule has 0 aliphatic rings. The molecule has 6 heteroatoms. The summed E-state index contributed by atoms with van der Waals surface area (Å²) < 4.78 is 5.50. The molecule has 144 valence electrons. The Morgan fingerprint density at radius 1 is 1.15 bits per heavy atom. The number of aliphatic carboxylic acids is 1. The van der Waals surface area contributed by atoms with Crippen molar-refractivity contribution in [3.05, 3.63) is 34.9 Å². The number of amides is 1. The third kappa shape index (κ3) is 7.78. The molecule has 1 rings (SSSR count). The molecule has 26 heavy (non-hydrogen) atoms. The maximum atomic E-state index is 12.3. The van der Waals surface area contributed by atoms with Gasteiger partial charge in [-0.15, -0.1) is 0 Å². The molecule has 0 saturated carbocycles. The normalized spacial score (nSPS) is 12.5. The lowest BCUT2D eigenvalue weighted by atomic mass is 9.99. The van der Waals surface area contributed by atoms with Crippen LogP contribution in [-0.4, -0.2) is 41.0 Å². The highest BCUT2D eigenvalue weighted by Gasteiger charge is 2.21. The summed E-state index contributed by atoms with van der Waals surface area (Å²) in [4.78, 5) is 35.6. The minimum atomic E-state index is -1.11. The van der Waals surface area contributed by atoms with Crippen molar-refractivity contribution >= 4 is 17.7 Å². The van der Waals surface area contributed by atoms with E-state index in [-0.39, 0.29) is 37.3 Å². The van der Waals surface area contributed by atoms with Gasteiger partial charge in [0.15, 0.2) is 5.78 Å². The van der Waals surface area contributed by atoms with Gasteiger partial charge in [0, 0.05) is 31.4 Å². The van der Waals surface area contributed by atoms with Crippen LogP contribution < -0.4 is 5.32 Å². The second kappa shape index (κ2) is 9.48. The molecule has 0 radical (unpaired) electrons. The van der Waals surface area contributed by atoms with E-state index in [4.69, 9.17) is 4.74 Å². The average molecular weight is 363 g/mol. The number of carbonyl (C=O) groups is 3. The van der Waals surface area contributed by atoms with Crippen molar-refractivity contribution in [2.45, 2.75) is 65.5 Å². The van der Waals surface area contributed by atoms with Crippen LogP contribution in [0.4, 0.5) is 0 Å². The zero-order chi connectivity index (χ0) is 19.9. The molecule has 1 aromatic rings. The summed E-state index contributed by atoms with van der Waals surface area (Å²) in [6.07, 6.45) is 0.167. The molecule has 0 saturated heterocycles. The van der Waals surface area contributed by atoms with Crippen LogP contribution in [0.3, 0.4) is 0 Å². The molecule has 0 bridgehead atoms. The Morgan fingerprint density at radius 2 is 1.81 bits per heavy atom. The molecule has 0 spiro atoms. The van der Waals surface area contributed by atoms with E-state index >= 15 is 0 Å². The number of carboxylic acid groups (broad SMARTS) is 1. The summed E-state index contributed by atoms with van der Waals surface area (Å²) in [5, 5.41) is 11.7. The fourth-order valence-corrected chi connectivity index (χ4v) is 2.40. The van der Waals surface area contributed by atoms with E-state index in [1.807, 2.05) is 46.8 Å². The van der Waals surface area contributed by atoms with Crippen LogP contribution in [-0.2, 0) is 14.3 Å². The maximum Gasteiger partial charge on any atom is 0.326 e. The van der Waals surface area contributed by atoms with Gasteiger partial charge in [-0.3, -0.25) is 9.59 Å². The Balaban J connectivity index is 2.53. The highest BCUT2D eigenvalue weighted by molar-refractivity contribution is 5.99. The predicted octanol–water partition coefficient (Wildman–Crippen LogP) is 3.04. The molecular weight excluding hydrogens is 334 g/mol. The highest BCUT2D eigenvalue weighted by Crippen LogP contribution is 2.14. The Kier molecular flexibility index (Phi) is 7.96. The van der Waals surface area contributed by atoms with Crippen molar-refractivity contribution in [1.29, 1.82) is 0 Å². The van der Waals surface area contributed by atoms with Crippen LogP contribution in [0.5, 0.6) is 0 Å². The Morgan fingerprint density at radius 3 is 2.38 bits per heavy atom. The topological polar surface area (TPSA) is 92.7 Å². The molecule has 1 amide bonds. The van der Waals surface area contributed by atoms with Gasteiger partial charge in [0.1, 0.15) is 6.04 Å². The number of ether oxygens (including phenoxy) is 1. The lowest BCUT2D eigenvalue weighted by Gasteiger charge is -2.21. The molecule has 1 aromatic carbocycles. The largest absolute Gasteiger partial charge is 0.480 e. The molecule has 1 unspecified atom stereocenters. The predicted molar refractivity (Wildman–Crippen MR) is 99.4 cm³/mol. The smallest absolute Gasteiger partial charge is 0.326 e. The molecule has 0 aliphatic carbocycles. The van der Waals surface area contributed by atoms with E-state index in [0.29, 0.717) is 5.56 Å². The number of benzene rings is 1. The van der Waals surface area contributed by atoms with Gasteiger partial charge in [0.2, 0.25) is 5.91 Å². The van der Waals surface area contributed by atoms with Crippen LogP contribution in [0.15, 0.2) is 18.2 Å². The first-order chi connectivity index (χ1) is 12.0. The van der Waals surface area contributed by atoms with Crippen LogP contribution in [0.1, 0.15) is 61.5 Å². The van der Waals surface area contributed by atoms with E-state index in [9.17, 15) is 19.5 Å². The molecule has 2 N–H and O–H groups in total. The van der Waals surface area contributed by atoms with Gasteiger partial charge >= 0.3 is 5.97 Å². The zero-order valence-electron chi connectivity index (χ0n) is 16.2. The molecule has 0 aromatic heterocycles. The summed E-state index contributed by atoms with van der Waals surface area (Å²) in [5.41, 5.74) is 2.08. The highest BCUT2D eigenvalue weighted by atomic mass is 16.5. The fourth-order valence-electron chi connectivity index (χ4n) is 2.40. The van der Waals surface area contributed by atoms with E-state index in [1.165, 1.54) is 0 Å². The average Bonchev–Trinajstić information content (AvgIpc) is 2.52. The van der Waals surface area contributed by atoms with E-state index in [2.05, 4.69) is 5.32 Å². The van der Waals surface area contributed by atoms with Gasteiger partial charge in [-0.1, -0.05) is 17.7 Å². The molecule has 0 aliphatic heterocycles. The van der Waals surface area contributed by atoms with Gasteiger partial charge in [-0.25, -0.2) is 4.79 Å². The van der Waals surface area contributed by atoms with Gasteiger partial charge in [-0.05, 0) is 46.2 Å². The number of rotatable bonds is 9. The Hall–Kier alpha value is -2.21. The minimum absolute atomic E-state index is 0.0426. The molecule has 0 heterocycles. The maximum absolute atomic E-state index is 12.3. The van der Waals surface area contributed by atoms with Gasteiger partial charge < -0.3 is 15.2 Å². The van der Waals surface area contributed by atoms with Crippen molar-refractivity contribution in [3.63, 3.8) is 0 Å². The first-order valence-corrected chi connectivity index (χ1v) is 8.76. The molecule has 1 atom stereocenters. The number of aryl methyl sites for hydroxylation is 2. The Bertz CT molecular complexity index is 661. The van der Waals surface area contributed by atoms with Crippen LogP contribution >= 0.6 is 0 Å². The number of nitrogens with one attached hydrogen (secondary N) is 1. The SMILES string of the molecule is Cc1ccc(C)c(C(=O)CCC(=O)NC(CCOC(C)(C)C)C(=O)O)c1. The summed E-state index contributed by atoms with van der Waals surface area (Å²) in [6, 6.07) is 4.58. The zero-order valence-corrected chi connectivity index (χ0v) is 16.2. The van der Waals surface area contributed by atoms with E-state index in [1.54, 1.807) is 6.07 Å². The fraction of sp³-hybridized carbons (Fsp3) is 0.550. The van der Waals surface area contributed by atoms with Crippen LogP contribution in [0.25, 0.3) is 0 Å². The van der Waals surface area contributed by atoms with Crippen LogP contribution in [0.2, 0.25) is 0 Å². The van der Waals surface area contributed by atoms with Crippen molar-refractivity contribution in [3.8, 4) is 0 Å². The van der Waals surface area contributed by atoms with Gasteiger partial charge in [-0.2, -0.15) is 0 Å². The number of carboxylic acids is 1. The summed E-state index contributed by atoms with van der Waals surface area (Å²) in [5.74, 6) is -1.69. The molecule has 6 nitrogen and oxygen atoms in total. The van der Waals surface area contributed by atoms with Crippen LogP contribution in [0, 0.1) is 13.8 Å². The van der Waals surface area contributed by atoms with Crippen molar-refractivity contribution in [2.24, 2.45) is 0 Å². The molecule has 0 fully saturated rings. The second-order valence-electron chi connectivity index (χ2n) is 7.45. The van der Waals surface area contributed by atoms with Gasteiger partial charge in [0.25, 0.3) is 0 Å². The summed E-state index contributed by atoms with van der Waals surface area (Å²) in [7, 11) is 0. The van der Waals surface area contributed by atoms with E-state index in [0.717, 1.165) is 11.1 Å². The molecular formula is C20H29NO5. The Labute approximate surface area is 154 Å². The standard InChI is InChI=1S/C20H29NO5/c1-13-6-7-14(2)15(12-13)17(22)8-9-18(23)21-16(19(24)25)10-11-26-20(3,4)5/h6-7,12,16H,8-11H2,1-5H3,(H,21,23)(H,24,25). The lowest BCUT2D eigenvalue weighted by molar-refractivity contribution is -0.142. The van der Waals surface area contributed by atoms with Crippen molar-refractivity contribution < 1.29 is 24.2 Å². The first kappa shape index (κ1) is 21.8. The van der Waals surface area contributed by atoms with Gasteiger partial charge in [0.05, 0.1) is 5.60 Å². The summed E-state index contributed by atoms with van der Waals surface area (Å²) >= 11 is 0. The number of hydrogen-bond acceptors (Lipinski definition) is 4. The number of Topliss-reactive ketones (excluding diaryl/α,β-unsaturated/α-hetero) is 1. The number of carbonyl (C=O) groups excluding carboxylic acids is 2.